The van der Waals surface area contributed by atoms with Crippen LogP contribution in [0.2, 0.25) is 0 Å². The maximum Gasteiger partial charge on any atom is 0.322 e. The predicted molar refractivity (Wildman–Crippen MR) is 107 cm³/mol. The average molecular weight is 383 g/mol. The van der Waals surface area contributed by atoms with Gasteiger partial charge < -0.3 is 15.0 Å². The maximum atomic E-state index is 13.4. The lowest BCUT2D eigenvalue weighted by molar-refractivity contribution is 0.200. The summed E-state index contributed by atoms with van der Waals surface area (Å²) in [5, 5.41) is 2.77. The zero-order valence-electron chi connectivity index (χ0n) is 16.0. The van der Waals surface area contributed by atoms with Crippen LogP contribution in [0.3, 0.4) is 0 Å². The molecule has 2 aliphatic heterocycles. The molecule has 0 aromatic heterocycles. The molecule has 6 heteroatoms. The molecule has 0 spiro atoms. The quantitative estimate of drug-likeness (QED) is 0.862. The number of nitrogens with zero attached hydrogens (tertiary/aromatic N) is 2. The number of fused-ring (bicyclic) bond motifs is 1. The van der Waals surface area contributed by atoms with Gasteiger partial charge in [0.05, 0.1) is 13.1 Å². The molecule has 4 rings (SSSR count). The van der Waals surface area contributed by atoms with E-state index in [1.54, 1.807) is 17.0 Å². The van der Waals surface area contributed by atoms with Gasteiger partial charge in [-0.1, -0.05) is 18.6 Å². The average Bonchev–Trinajstić information content (AvgIpc) is 2.91. The SMILES string of the molecule is O=C(Nc1cccc(F)c1)N1CCOc2ccc(CN3CCCCC3)cc2C1. The third-order valence-corrected chi connectivity index (χ3v) is 5.32. The Morgan fingerprint density at radius 3 is 2.75 bits per heavy atom. The lowest BCUT2D eigenvalue weighted by atomic mass is 10.1. The van der Waals surface area contributed by atoms with E-state index in [0.29, 0.717) is 25.4 Å². The summed E-state index contributed by atoms with van der Waals surface area (Å²) in [6.07, 6.45) is 3.86. The number of carbonyl (C=O) groups excluding carboxylic acids is 1. The van der Waals surface area contributed by atoms with Gasteiger partial charge in [-0.3, -0.25) is 4.90 Å². The molecule has 0 saturated carbocycles. The van der Waals surface area contributed by atoms with Gasteiger partial charge in [0.2, 0.25) is 0 Å². The van der Waals surface area contributed by atoms with Gasteiger partial charge in [0.15, 0.2) is 0 Å². The van der Waals surface area contributed by atoms with E-state index in [0.717, 1.165) is 30.9 Å². The minimum absolute atomic E-state index is 0.247. The van der Waals surface area contributed by atoms with E-state index in [1.807, 2.05) is 6.07 Å². The highest BCUT2D eigenvalue weighted by atomic mass is 19.1. The van der Waals surface area contributed by atoms with E-state index < -0.39 is 0 Å². The molecule has 2 heterocycles. The van der Waals surface area contributed by atoms with E-state index in [4.69, 9.17) is 4.74 Å². The fourth-order valence-corrected chi connectivity index (χ4v) is 3.86. The Kier molecular flexibility index (Phi) is 5.76. The third kappa shape index (κ3) is 4.62. The van der Waals surface area contributed by atoms with Crippen molar-refractivity contribution in [3.63, 3.8) is 0 Å². The number of urea groups is 1. The standard InChI is InChI=1S/C22H26FN3O2/c23-19-5-4-6-20(14-19)24-22(27)26-11-12-28-21-8-7-17(13-18(21)16-26)15-25-9-2-1-3-10-25/h4-8,13-14H,1-3,9-12,15-16H2,(H,24,27). The molecular formula is C22H26FN3O2. The summed E-state index contributed by atoms with van der Waals surface area (Å²) >= 11 is 0. The topological polar surface area (TPSA) is 44.8 Å². The van der Waals surface area contributed by atoms with Crippen molar-refractivity contribution in [2.45, 2.75) is 32.4 Å². The lowest BCUT2D eigenvalue weighted by Gasteiger charge is -2.26. The molecule has 1 N–H and O–H groups in total. The highest BCUT2D eigenvalue weighted by Gasteiger charge is 2.21. The Labute approximate surface area is 165 Å². The molecule has 28 heavy (non-hydrogen) atoms. The van der Waals surface area contributed by atoms with Gasteiger partial charge in [0.25, 0.3) is 0 Å². The maximum absolute atomic E-state index is 13.4. The summed E-state index contributed by atoms with van der Waals surface area (Å²) in [6, 6.07) is 12.0. The number of nitrogens with one attached hydrogen (secondary N) is 1. The van der Waals surface area contributed by atoms with Crippen LogP contribution in [0, 0.1) is 5.82 Å². The number of carbonyl (C=O) groups is 1. The Bertz CT molecular complexity index is 836. The molecule has 0 radical (unpaired) electrons. The van der Waals surface area contributed by atoms with Crippen LogP contribution in [0.1, 0.15) is 30.4 Å². The number of anilines is 1. The number of piperidine rings is 1. The van der Waals surface area contributed by atoms with Crippen LogP contribution < -0.4 is 10.1 Å². The minimum atomic E-state index is -0.371. The number of halogens is 1. The van der Waals surface area contributed by atoms with Crippen molar-refractivity contribution in [2.24, 2.45) is 0 Å². The molecule has 0 bridgehead atoms. The van der Waals surface area contributed by atoms with Crippen molar-refractivity contribution in [3.05, 3.63) is 59.4 Å². The molecule has 148 valence electrons. The molecule has 0 aliphatic carbocycles. The van der Waals surface area contributed by atoms with Gasteiger partial charge in [-0.25, -0.2) is 9.18 Å². The number of benzene rings is 2. The lowest BCUT2D eigenvalue weighted by Crippen LogP contribution is -2.36. The number of hydrogen-bond acceptors (Lipinski definition) is 3. The van der Waals surface area contributed by atoms with Crippen molar-refractivity contribution in [3.8, 4) is 5.75 Å². The number of likely N-dealkylation sites (tertiary alicyclic amines) is 1. The summed E-state index contributed by atoms with van der Waals surface area (Å²) in [4.78, 5) is 16.9. The number of rotatable bonds is 3. The first-order chi connectivity index (χ1) is 13.7. The van der Waals surface area contributed by atoms with Gasteiger partial charge in [0.1, 0.15) is 18.2 Å². The van der Waals surface area contributed by atoms with Crippen molar-refractivity contribution in [1.82, 2.24) is 9.80 Å². The summed E-state index contributed by atoms with van der Waals surface area (Å²) in [6.45, 7) is 4.63. The summed E-state index contributed by atoms with van der Waals surface area (Å²) in [7, 11) is 0. The van der Waals surface area contributed by atoms with Gasteiger partial charge >= 0.3 is 6.03 Å². The molecule has 0 atom stereocenters. The molecule has 0 unspecified atom stereocenters. The number of hydrogen-bond donors (Lipinski definition) is 1. The van der Waals surface area contributed by atoms with Crippen LogP contribution in [0.4, 0.5) is 14.9 Å². The van der Waals surface area contributed by atoms with Crippen molar-refractivity contribution in [1.29, 1.82) is 0 Å². The van der Waals surface area contributed by atoms with E-state index in [2.05, 4.69) is 22.3 Å². The molecule has 2 aliphatic rings. The minimum Gasteiger partial charge on any atom is -0.491 e. The van der Waals surface area contributed by atoms with Crippen LogP contribution in [0.5, 0.6) is 5.75 Å². The van der Waals surface area contributed by atoms with Gasteiger partial charge in [-0.2, -0.15) is 0 Å². The molecule has 2 amide bonds. The highest BCUT2D eigenvalue weighted by Crippen LogP contribution is 2.26. The fourth-order valence-electron chi connectivity index (χ4n) is 3.86. The van der Waals surface area contributed by atoms with Crippen molar-refractivity contribution >= 4 is 11.7 Å². The van der Waals surface area contributed by atoms with Crippen LogP contribution >= 0.6 is 0 Å². The summed E-state index contributed by atoms with van der Waals surface area (Å²) in [5.41, 5.74) is 2.72. The Hall–Kier alpha value is -2.60. The molecule has 1 fully saturated rings. The fraction of sp³-hybridized carbons (Fsp3) is 0.409. The number of amides is 2. The van der Waals surface area contributed by atoms with Crippen molar-refractivity contribution in [2.75, 3.05) is 31.6 Å². The summed E-state index contributed by atoms with van der Waals surface area (Å²) < 4.78 is 19.2. The first-order valence-electron chi connectivity index (χ1n) is 9.96. The second kappa shape index (κ2) is 8.61. The van der Waals surface area contributed by atoms with E-state index >= 15 is 0 Å². The Morgan fingerprint density at radius 1 is 1.07 bits per heavy atom. The van der Waals surface area contributed by atoms with E-state index in [-0.39, 0.29) is 11.8 Å². The zero-order chi connectivity index (χ0) is 19.3. The van der Waals surface area contributed by atoms with Gasteiger partial charge in [0, 0.05) is 17.8 Å². The zero-order valence-corrected chi connectivity index (χ0v) is 16.0. The Morgan fingerprint density at radius 2 is 1.93 bits per heavy atom. The van der Waals surface area contributed by atoms with Crippen LogP contribution in [0.25, 0.3) is 0 Å². The van der Waals surface area contributed by atoms with Crippen LogP contribution in [-0.2, 0) is 13.1 Å². The van der Waals surface area contributed by atoms with Crippen LogP contribution in [0.15, 0.2) is 42.5 Å². The van der Waals surface area contributed by atoms with Crippen molar-refractivity contribution < 1.29 is 13.9 Å². The predicted octanol–water partition coefficient (Wildman–Crippen LogP) is 4.24. The second-order valence-corrected chi connectivity index (χ2v) is 7.49. The monoisotopic (exact) mass is 383 g/mol. The molecule has 2 aromatic carbocycles. The largest absolute Gasteiger partial charge is 0.491 e. The molecule has 1 saturated heterocycles. The van der Waals surface area contributed by atoms with Gasteiger partial charge in [-0.05, 0) is 61.8 Å². The number of ether oxygens (including phenoxy) is 1. The van der Waals surface area contributed by atoms with E-state index in [1.165, 1.54) is 37.0 Å². The Balaban J connectivity index is 1.45. The van der Waals surface area contributed by atoms with E-state index in [9.17, 15) is 9.18 Å². The van der Waals surface area contributed by atoms with Crippen LogP contribution in [-0.4, -0.2) is 42.1 Å². The summed E-state index contributed by atoms with van der Waals surface area (Å²) in [5.74, 6) is 0.466. The molecule has 2 aromatic rings. The normalized spacial score (nSPS) is 17.4. The third-order valence-electron chi connectivity index (χ3n) is 5.32. The molecule has 5 nitrogen and oxygen atoms in total. The first-order valence-corrected chi connectivity index (χ1v) is 9.96. The first kappa shape index (κ1) is 18.7. The molecular weight excluding hydrogens is 357 g/mol. The second-order valence-electron chi connectivity index (χ2n) is 7.49. The van der Waals surface area contributed by atoms with Gasteiger partial charge in [-0.15, -0.1) is 0 Å². The highest BCUT2D eigenvalue weighted by molar-refractivity contribution is 5.89. The smallest absolute Gasteiger partial charge is 0.322 e.